The smallest absolute Gasteiger partial charge is 0.288 e. The molecule has 1 aromatic heterocycles. The van der Waals surface area contributed by atoms with Crippen molar-refractivity contribution in [1.29, 1.82) is 0 Å². The first-order valence-corrected chi connectivity index (χ1v) is 11.6. The number of benzene rings is 2. The zero-order valence-electron chi connectivity index (χ0n) is 18.4. The van der Waals surface area contributed by atoms with Gasteiger partial charge in [0.2, 0.25) is 5.91 Å². The number of nitro groups is 1. The van der Waals surface area contributed by atoms with Crippen LogP contribution in [-0.4, -0.2) is 58.7 Å². The minimum absolute atomic E-state index is 0.0246. The lowest BCUT2D eigenvalue weighted by atomic mass is 10.1. The molecule has 1 atom stereocenters. The quantitative estimate of drug-likeness (QED) is 0.296. The molecular formula is C23H23F2N5O3S. The number of rotatable bonds is 7. The number of halogens is 2. The Hall–Kier alpha value is -3.31. The molecule has 34 heavy (non-hydrogen) atoms. The van der Waals surface area contributed by atoms with E-state index in [1.807, 2.05) is 6.92 Å². The second-order valence-electron chi connectivity index (χ2n) is 7.87. The Morgan fingerprint density at radius 2 is 1.79 bits per heavy atom. The molecule has 0 saturated carbocycles. The van der Waals surface area contributed by atoms with Gasteiger partial charge in [-0.05, 0) is 43.3 Å². The van der Waals surface area contributed by atoms with Gasteiger partial charge in [0.15, 0.2) is 0 Å². The van der Waals surface area contributed by atoms with Crippen LogP contribution in [0, 0.1) is 10.1 Å². The summed E-state index contributed by atoms with van der Waals surface area (Å²) in [6.07, 6.45) is 3.13. The number of aromatic nitrogens is 1. The first-order chi connectivity index (χ1) is 16.3. The number of nitrogens with zero attached hydrogens (tertiary/aromatic N) is 4. The van der Waals surface area contributed by atoms with Gasteiger partial charge < -0.3 is 10.2 Å². The molecule has 178 valence electrons. The van der Waals surface area contributed by atoms with Crippen molar-refractivity contribution >= 4 is 45.5 Å². The van der Waals surface area contributed by atoms with Crippen LogP contribution in [0.3, 0.4) is 0 Å². The molecule has 8 nitrogen and oxygen atoms in total. The van der Waals surface area contributed by atoms with Crippen molar-refractivity contribution in [3.05, 3.63) is 65.0 Å². The van der Waals surface area contributed by atoms with Gasteiger partial charge in [-0.25, -0.2) is 0 Å². The molecule has 4 rings (SSSR count). The summed E-state index contributed by atoms with van der Waals surface area (Å²) in [5.74, 6) is -2.66. The highest BCUT2D eigenvalue weighted by Crippen LogP contribution is 2.33. The van der Waals surface area contributed by atoms with Crippen LogP contribution in [0.2, 0.25) is 0 Å². The standard InChI is InChI=1S/C23H23F2N5O3S/c1-15(22(31)27-16-2-4-17(5-3-16)34-23(24)25)28-10-12-29(13-11-28)20-6-7-21(30(32)33)19-14-26-9-8-18(19)20/h2-9,14-15,23H,10-13H2,1H3,(H,27,31)/t15-/m0/s1. The fraction of sp³-hybridized carbons (Fsp3) is 0.304. The number of fused-ring (bicyclic) bond motifs is 1. The van der Waals surface area contributed by atoms with Crippen LogP contribution in [0.4, 0.5) is 25.8 Å². The van der Waals surface area contributed by atoms with Crippen molar-refractivity contribution in [3.63, 3.8) is 0 Å². The fourth-order valence-electron chi connectivity index (χ4n) is 4.08. The Morgan fingerprint density at radius 3 is 2.44 bits per heavy atom. The summed E-state index contributed by atoms with van der Waals surface area (Å²) in [6, 6.07) is 11.0. The van der Waals surface area contributed by atoms with Gasteiger partial charge in [0.1, 0.15) is 0 Å². The Labute approximate surface area is 199 Å². The Balaban J connectivity index is 1.38. The summed E-state index contributed by atoms with van der Waals surface area (Å²) in [5.41, 5.74) is 1.48. The molecule has 1 aliphatic heterocycles. The van der Waals surface area contributed by atoms with E-state index >= 15 is 0 Å². The van der Waals surface area contributed by atoms with Crippen molar-refractivity contribution in [1.82, 2.24) is 9.88 Å². The van der Waals surface area contributed by atoms with Gasteiger partial charge in [-0.1, -0.05) is 11.8 Å². The normalized spacial score (nSPS) is 15.5. The van der Waals surface area contributed by atoms with E-state index < -0.39 is 10.7 Å². The number of carbonyl (C=O) groups excluding carboxylic acids is 1. The third-order valence-electron chi connectivity index (χ3n) is 5.90. The molecule has 0 unspecified atom stereocenters. The van der Waals surface area contributed by atoms with Crippen LogP contribution >= 0.6 is 11.8 Å². The first-order valence-electron chi connectivity index (χ1n) is 10.7. The molecule has 1 fully saturated rings. The Morgan fingerprint density at radius 1 is 1.09 bits per heavy atom. The number of hydrogen-bond acceptors (Lipinski definition) is 7. The van der Waals surface area contributed by atoms with Crippen LogP contribution in [0.15, 0.2) is 59.8 Å². The number of piperazine rings is 1. The molecular weight excluding hydrogens is 464 g/mol. The molecule has 1 saturated heterocycles. The topological polar surface area (TPSA) is 91.6 Å². The maximum atomic E-state index is 12.7. The highest BCUT2D eigenvalue weighted by molar-refractivity contribution is 7.99. The van der Waals surface area contributed by atoms with Crippen molar-refractivity contribution in [2.45, 2.75) is 23.6 Å². The van der Waals surface area contributed by atoms with Gasteiger partial charge in [-0.2, -0.15) is 8.78 Å². The van der Waals surface area contributed by atoms with E-state index in [0.29, 0.717) is 53.9 Å². The van der Waals surface area contributed by atoms with Gasteiger partial charge in [-0.15, -0.1) is 0 Å². The van der Waals surface area contributed by atoms with E-state index in [4.69, 9.17) is 0 Å². The van der Waals surface area contributed by atoms with E-state index in [1.165, 1.54) is 12.3 Å². The summed E-state index contributed by atoms with van der Waals surface area (Å²) >= 11 is 0.460. The molecule has 0 radical (unpaired) electrons. The summed E-state index contributed by atoms with van der Waals surface area (Å²) < 4.78 is 24.9. The first kappa shape index (κ1) is 23.8. The minimum Gasteiger partial charge on any atom is -0.368 e. The van der Waals surface area contributed by atoms with Gasteiger partial charge in [0.05, 0.1) is 16.4 Å². The van der Waals surface area contributed by atoms with Gasteiger partial charge in [-0.3, -0.25) is 24.8 Å². The molecule has 1 amide bonds. The number of non-ortho nitro benzene ring substituents is 1. The van der Waals surface area contributed by atoms with Crippen LogP contribution in [0.1, 0.15) is 6.92 Å². The van der Waals surface area contributed by atoms with E-state index in [-0.39, 0.29) is 17.6 Å². The maximum absolute atomic E-state index is 12.7. The fourth-order valence-corrected chi connectivity index (χ4v) is 4.58. The number of nitrogens with one attached hydrogen (secondary N) is 1. The zero-order valence-corrected chi connectivity index (χ0v) is 19.2. The number of alkyl halides is 2. The van der Waals surface area contributed by atoms with E-state index in [0.717, 1.165) is 11.1 Å². The maximum Gasteiger partial charge on any atom is 0.288 e. The lowest BCUT2D eigenvalue weighted by Crippen LogP contribution is -2.52. The van der Waals surface area contributed by atoms with E-state index in [1.54, 1.807) is 42.6 Å². The van der Waals surface area contributed by atoms with Crippen molar-refractivity contribution in [3.8, 4) is 0 Å². The number of amides is 1. The second kappa shape index (κ2) is 10.3. The average molecular weight is 488 g/mol. The lowest BCUT2D eigenvalue weighted by molar-refractivity contribution is -0.383. The molecule has 2 aromatic carbocycles. The lowest BCUT2D eigenvalue weighted by Gasteiger charge is -2.38. The molecule has 3 aromatic rings. The highest BCUT2D eigenvalue weighted by Gasteiger charge is 2.27. The number of nitro benzene ring substituents is 1. The average Bonchev–Trinajstić information content (AvgIpc) is 2.83. The summed E-state index contributed by atoms with van der Waals surface area (Å²) in [7, 11) is 0. The Kier molecular flexibility index (Phi) is 7.23. The molecule has 1 aliphatic rings. The van der Waals surface area contributed by atoms with Gasteiger partial charge in [0, 0.05) is 66.3 Å². The molecule has 0 bridgehead atoms. The molecule has 2 heterocycles. The van der Waals surface area contributed by atoms with Gasteiger partial charge in [0.25, 0.3) is 11.4 Å². The number of hydrogen-bond donors (Lipinski definition) is 1. The SMILES string of the molecule is C[C@@H](C(=O)Nc1ccc(SC(F)F)cc1)N1CCN(c2ccc([N+](=O)[O-])c3cnccc23)CC1. The van der Waals surface area contributed by atoms with Crippen LogP contribution in [0.25, 0.3) is 10.8 Å². The third kappa shape index (κ3) is 5.26. The number of anilines is 2. The second-order valence-corrected chi connectivity index (χ2v) is 8.94. The van der Waals surface area contributed by atoms with Crippen LogP contribution < -0.4 is 10.2 Å². The van der Waals surface area contributed by atoms with Crippen LogP contribution in [0.5, 0.6) is 0 Å². The predicted molar refractivity (Wildman–Crippen MR) is 129 cm³/mol. The number of pyridine rings is 1. The summed E-state index contributed by atoms with van der Waals surface area (Å²) in [4.78, 5) is 32.4. The van der Waals surface area contributed by atoms with Crippen molar-refractivity contribution < 1.29 is 18.5 Å². The predicted octanol–water partition coefficient (Wildman–Crippen LogP) is 4.61. The highest BCUT2D eigenvalue weighted by atomic mass is 32.2. The molecule has 0 spiro atoms. The van der Waals surface area contributed by atoms with Crippen molar-refractivity contribution in [2.75, 3.05) is 36.4 Å². The number of thioether (sulfide) groups is 1. The van der Waals surface area contributed by atoms with E-state index in [9.17, 15) is 23.7 Å². The summed E-state index contributed by atoms with van der Waals surface area (Å²) in [6.45, 7) is 4.43. The largest absolute Gasteiger partial charge is 0.368 e. The monoisotopic (exact) mass is 487 g/mol. The van der Waals surface area contributed by atoms with Crippen molar-refractivity contribution in [2.24, 2.45) is 0 Å². The summed E-state index contributed by atoms with van der Waals surface area (Å²) in [5, 5.41) is 15.5. The molecule has 1 N–H and O–H groups in total. The molecule has 11 heteroatoms. The third-order valence-corrected chi connectivity index (χ3v) is 6.62. The zero-order chi connectivity index (χ0) is 24.2. The van der Waals surface area contributed by atoms with E-state index in [2.05, 4.69) is 20.1 Å². The van der Waals surface area contributed by atoms with Gasteiger partial charge >= 0.3 is 0 Å². The minimum atomic E-state index is -2.49. The van der Waals surface area contributed by atoms with Crippen LogP contribution in [-0.2, 0) is 4.79 Å². The molecule has 0 aliphatic carbocycles. The Bertz CT molecular complexity index is 1190. The number of carbonyl (C=O) groups is 1.